The molecule has 1 rings (SSSR count). The molecule has 0 bridgehead atoms. The summed E-state index contributed by atoms with van der Waals surface area (Å²) in [6.07, 6.45) is 2.41. The van der Waals surface area contributed by atoms with Gasteiger partial charge in [0.15, 0.2) is 0 Å². The van der Waals surface area contributed by atoms with Crippen LogP contribution in [0.1, 0.15) is 32.8 Å². The maximum atomic E-state index is 2.49. The molecule has 19 heavy (non-hydrogen) atoms. The summed E-state index contributed by atoms with van der Waals surface area (Å²) in [6, 6.07) is 11.4. The van der Waals surface area contributed by atoms with E-state index in [2.05, 4.69) is 68.0 Å². The Morgan fingerprint density at radius 1 is 1.00 bits per heavy atom. The molecule has 0 spiro atoms. The Kier molecular flexibility index (Phi) is 7.76. The molecular weight excluding hydrogens is 232 g/mol. The van der Waals surface area contributed by atoms with Crippen LogP contribution in [-0.2, 0) is 6.42 Å². The average Bonchev–Trinajstić information content (AvgIpc) is 2.46. The first-order valence-electron chi connectivity index (χ1n) is 7.63. The van der Waals surface area contributed by atoms with E-state index in [-0.39, 0.29) is 0 Å². The first-order valence-corrected chi connectivity index (χ1v) is 7.63. The van der Waals surface area contributed by atoms with Crippen LogP contribution in [0.3, 0.4) is 0 Å². The van der Waals surface area contributed by atoms with Crippen molar-refractivity contribution in [2.45, 2.75) is 39.7 Å². The fourth-order valence-corrected chi connectivity index (χ4v) is 2.30. The molecule has 1 atom stereocenters. The van der Waals surface area contributed by atoms with Gasteiger partial charge in [0.1, 0.15) is 0 Å². The van der Waals surface area contributed by atoms with Gasteiger partial charge in [-0.2, -0.15) is 0 Å². The van der Waals surface area contributed by atoms with Crippen LogP contribution in [0.25, 0.3) is 0 Å². The Balaban J connectivity index is 2.26. The molecule has 1 aromatic carbocycles. The molecule has 0 unspecified atom stereocenters. The number of rotatable bonds is 9. The standard InChI is InChI=1S/C17H30N2/c1-5-19(6-2)15-14-18(4)16(3)12-13-17-10-8-7-9-11-17/h7-11,16H,5-6,12-15H2,1-4H3/t16-/m0/s1. The third kappa shape index (κ3) is 6.22. The van der Waals surface area contributed by atoms with E-state index >= 15 is 0 Å². The Labute approximate surface area is 119 Å². The van der Waals surface area contributed by atoms with E-state index in [1.807, 2.05) is 0 Å². The van der Waals surface area contributed by atoms with Crippen LogP contribution in [0.5, 0.6) is 0 Å². The van der Waals surface area contributed by atoms with Gasteiger partial charge in [0, 0.05) is 19.1 Å². The summed E-state index contributed by atoms with van der Waals surface area (Å²) in [5.74, 6) is 0. The molecule has 0 fully saturated rings. The van der Waals surface area contributed by atoms with E-state index in [0.29, 0.717) is 6.04 Å². The zero-order valence-corrected chi connectivity index (χ0v) is 13.1. The monoisotopic (exact) mass is 262 g/mol. The van der Waals surface area contributed by atoms with Gasteiger partial charge >= 0.3 is 0 Å². The minimum atomic E-state index is 0.649. The van der Waals surface area contributed by atoms with Crippen molar-refractivity contribution >= 4 is 0 Å². The average molecular weight is 262 g/mol. The second-order valence-electron chi connectivity index (χ2n) is 5.38. The summed E-state index contributed by atoms with van der Waals surface area (Å²) < 4.78 is 0. The molecule has 0 aliphatic heterocycles. The van der Waals surface area contributed by atoms with Gasteiger partial charge in [-0.1, -0.05) is 44.2 Å². The maximum Gasteiger partial charge on any atom is 0.0109 e. The number of likely N-dealkylation sites (N-methyl/N-ethyl adjacent to an activating group) is 2. The van der Waals surface area contributed by atoms with Crippen molar-refractivity contribution in [3.63, 3.8) is 0 Å². The molecule has 2 heteroatoms. The number of aryl methyl sites for hydroxylation is 1. The van der Waals surface area contributed by atoms with Gasteiger partial charge in [-0.05, 0) is 45.5 Å². The van der Waals surface area contributed by atoms with E-state index in [1.165, 1.54) is 24.9 Å². The van der Waals surface area contributed by atoms with Gasteiger partial charge in [-0.3, -0.25) is 0 Å². The maximum absolute atomic E-state index is 2.49. The van der Waals surface area contributed by atoms with Crippen molar-refractivity contribution in [3.05, 3.63) is 35.9 Å². The molecule has 0 aromatic heterocycles. The van der Waals surface area contributed by atoms with Crippen molar-refractivity contribution in [3.8, 4) is 0 Å². The van der Waals surface area contributed by atoms with Crippen molar-refractivity contribution < 1.29 is 0 Å². The topological polar surface area (TPSA) is 6.48 Å². The minimum Gasteiger partial charge on any atom is -0.303 e. The first kappa shape index (κ1) is 16.2. The summed E-state index contributed by atoms with van der Waals surface area (Å²) in [5.41, 5.74) is 1.45. The molecule has 0 heterocycles. The van der Waals surface area contributed by atoms with Gasteiger partial charge < -0.3 is 9.80 Å². The van der Waals surface area contributed by atoms with E-state index in [4.69, 9.17) is 0 Å². The highest BCUT2D eigenvalue weighted by Gasteiger charge is 2.10. The van der Waals surface area contributed by atoms with Crippen molar-refractivity contribution in [1.82, 2.24) is 9.80 Å². The Morgan fingerprint density at radius 2 is 1.63 bits per heavy atom. The van der Waals surface area contributed by atoms with Crippen LogP contribution in [0, 0.1) is 0 Å². The Hall–Kier alpha value is -0.860. The third-order valence-corrected chi connectivity index (χ3v) is 4.11. The zero-order valence-electron chi connectivity index (χ0n) is 13.1. The van der Waals surface area contributed by atoms with Crippen LogP contribution in [0.15, 0.2) is 30.3 Å². The molecule has 0 saturated carbocycles. The lowest BCUT2D eigenvalue weighted by molar-refractivity contribution is 0.199. The van der Waals surface area contributed by atoms with Crippen LogP contribution < -0.4 is 0 Å². The molecule has 0 amide bonds. The predicted octanol–water partition coefficient (Wildman–Crippen LogP) is 3.28. The van der Waals surface area contributed by atoms with Gasteiger partial charge in [-0.25, -0.2) is 0 Å². The Morgan fingerprint density at radius 3 is 2.21 bits per heavy atom. The molecule has 0 aliphatic carbocycles. The Bertz CT molecular complexity index is 319. The van der Waals surface area contributed by atoms with Crippen LogP contribution in [0.4, 0.5) is 0 Å². The highest BCUT2D eigenvalue weighted by atomic mass is 15.2. The lowest BCUT2D eigenvalue weighted by Crippen LogP contribution is -2.37. The van der Waals surface area contributed by atoms with Crippen molar-refractivity contribution in [1.29, 1.82) is 0 Å². The SMILES string of the molecule is CCN(CC)CCN(C)[C@@H](C)CCc1ccccc1. The lowest BCUT2D eigenvalue weighted by atomic mass is 10.1. The number of hydrogen-bond donors (Lipinski definition) is 0. The molecule has 2 nitrogen and oxygen atoms in total. The number of nitrogens with zero attached hydrogens (tertiary/aromatic N) is 2. The molecule has 1 aromatic rings. The fourth-order valence-electron chi connectivity index (χ4n) is 2.30. The highest BCUT2D eigenvalue weighted by Crippen LogP contribution is 2.08. The van der Waals surface area contributed by atoms with Gasteiger partial charge in [0.25, 0.3) is 0 Å². The van der Waals surface area contributed by atoms with Crippen LogP contribution in [0.2, 0.25) is 0 Å². The van der Waals surface area contributed by atoms with E-state index < -0.39 is 0 Å². The fraction of sp³-hybridized carbons (Fsp3) is 0.647. The highest BCUT2D eigenvalue weighted by molar-refractivity contribution is 5.14. The summed E-state index contributed by atoms with van der Waals surface area (Å²) in [5, 5.41) is 0. The quantitative estimate of drug-likeness (QED) is 0.674. The molecule has 0 radical (unpaired) electrons. The largest absolute Gasteiger partial charge is 0.303 e. The molecular formula is C17H30N2. The summed E-state index contributed by atoms with van der Waals surface area (Å²) in [7, 11) is 2.25. The van der Waals surface area contributed by atoms with Crippen molar-refractivity contribution in [2.24, 2.45) is 0 Å². The van der Waals surface area contributed by atoms with Crippen molar-refractivity contribution in [2.75, 3.05) is 33.2 Å². The minimum absolute atomic E-state index is 0.649. The second-order valence-corrected chi connectivity index (χ2v) is 5.38. The van der Waals surface area contributed by atoms with Crippen LogP contribution >= 0.6 is 0 Å². The number of benzene rings is 1. The smallest absolute Gasteiger partial charge is 0.0109 e. The predicted molar refractivity (Wildman–Crippen MR) is 84.6 cm³/mol. The lowest BCUT2D eigenvalue weighted by Gasteiger charge is -2.28. The van der Waals surface area contributed by atoms with E-state index in [1.54, 1.807) is 0 Å². The normalized spacial score (nSPS) is 13.2. The summed E-state index contributed by atoms with van der Waals surface area (Å²) in [6.45, 7) is 11.5. The number of hydrogen-bond acceptors (Lipinski definition) is 2. The molecule has 0 saturated heterocycles. The molecule has 0 N–H and O–H groups in total. The summed E-state index contributed by atoms with van der Waals surface area (Å²) in [4.78, 5) is 4.97. The summed E-state index contributed by atoms with van der Waals surface area (Å²) >= 11 is 0. The second kappa shape index (κ2) is 9.11. The van der Waals surface area contributed by atoms with Crippen LogP contribution in [-0.4, -0.2) is 49.1 Å². The van der Waals surface area contributed by atoms with Gasteiger partial charge in [0.05, 0.1) is 0 Å². The zero-order chi connectivity index (χ0) is 14.1. The van der Waals surface area contributed by atoms with E-state index in [0.717, 1.165) is 19.6 Å². The molecule has 108 valence electrons. The first-order chi connectivity index (χ1) is 9.17. The third-order valence-electron chi connectivity index (χ3n) is 4.11. The van der Waals surface area contributed by atoms with E-state index in [9.17, 15) is 0 Å². The molecule has 0 aliphatic rings. The van der Waals surface area contributed by atoms with Gasteiger partial charge in [0.2, 0.25) is 0 Å². The van der Waals surface area contributed by atoms with Gasteiger partial charge in [-0.15, -0.1) is 0 Å².